The molecule has 0 fully saturated rings. The van der Waals surface area contributed by atoms with E-state index < -0.39 is 0 Å². The first-order valence-electron chi connectivity index (χ1n) is 7.97. The molecule has 0 saturated heterocycles. The molecule has 0 aliphatic heterocycles. The van der Waals surface area contributed by atoms with Gasteiger partial charge in [0.25, 0.3) is 5.91 Å². The number of benzene rings is 2. The molecular weight excluding hydrogens is 300 g/mol. The number of carbonyl (C=O) groups is 1. The molecule has 0 aliphatic rings. The van der Waals surface area contributed by atoms with E-state index in [0.29, 0.717) is 5.56 Å². The Bertz CT molecular complexity index is 886. The number of rotatable bonds is 4. The van der Waals surface area contributed by atoms with E-state index in [0.717, 1.165) is 40.0 Å². The largest absolute Gasteiger partial charge is 0.497 e. The number of para-hydroxylation sites is 1. The number of amides is 1. The molecule has 4 nitrogen and oxygen atoms in total. The molecule has 3 rings (SSSR count). The van der Waals surface area contributed by atoms with Crippen LogP contribution in [0.3, 0.4) is 0 Å². The highest BCUT2D eigenvalue weighted by atomic mass is 16.5. The van der Waals surface area contributed by atoms with Crippen molar-refractivity contribution in [1.82, 2.24) is 4.98 Å². The number of hydrogen-bond acceptors (Lipinski definition) is 3. The number of nitrogens with zero attached hydrogens (tertiary/aromatic N) is 1. The van der Waals surface area contributed by atoms with Gasteiger partial charge in [-0.3, -0.25) is 9.78 Å². The molecule has 1 heterocycles. The predicted octanol–water partition coefficient (Wildman–Crippen LogP) is 4.37. The van der Waals surface area contributed by atoms with Gasteiger partial charge >= 0.3 is 0 Å². The monoisotopic (exact) mass is 320 g/mol. The quantitative estimate of drug-likeness (QED) is 0.777. The minimum atomic E-state index is -0.119. The van der Waals surface area contributed by atoms with Crippen LogP contribution in [0.1, 0.15) is 28.5 Å². The maximum absolute atomic E-state index is 12.9. The summed E-state index contributed by atoms with van der Waals surface area (Å²) in [6, 6.07) is 15.1. The van der Waals surface area contributed by atoms with Crippen LogP contribution >= 0.6 is 0 Å². The van der Waals surface area contributed by atoms with Crippen molar-refractivity contribution in [3.63, 3.8) is 0 Å². The van der Waals surface area contributed by atoms with Crippen molar-refractivity contribution in [1.29, 1.82) is 0 Å². The highest BCUT2D eigenvalue weighted by molar-refractivity contribution is 6.13. The maximum Gasteiger partial charge on any atom is 0.256 e. The maximum atomic E-state index is 12.9. The molecule has 24 heavy (non-hydrogen) atoms. The van der Waals surface area contributed by atoms with Gasteiger partial charge in [0, 0.05) is 16.8 Å². The van der Waals surface area contributed by atoms with Crippen LogP contribution in [-0.2, 0) is 6.42 Å². The topological polar surface area (TPSA) is 51.2 Å². The van der Waals surface area contributed by atoms with Crippen molar-refractivity contribution >= 4 is 22.5 Å². The highest BCUT2D eigenvalue weighted by Crippen LogP contribution is 2.25. The Labute approximate surface area is 141 Å². The van der Waals surface area contributed by atoms with Gasteiger partial charge in [-0.05, 0) is 49.2 Å². The van der Waals surface area contributed by atoms with Crippen LogP contribution < -0.4 is 10.1 Å². The van der Waals surface area contributed by atoms with Gasteiger partial charge in [0.1, 0.15) is 5.75 Å². The summed E-state index contributed by atoms with van der Waals surface area (Å²) >= 11 is 0. The standard InChI is InChI=1S/C20H20N2O2/c1-4-17-13(2)19(16-7-5-6-8-18(16)22-17)20(23)21-14-9-11-15(24-3)12-10-14/h5-12H,4H2,1-3H3,(H,21,23). The van der Waals surface area contributed by atoms with Gasteiger partial charge in [-0.1, -0.05) is 25.1 Å². The lowest BCUT2D eigenvalue weighted by molar-refractivity contribution is 0.102. The molecule has 1 amide bonds. The first-order valence-corrected chi connectivity index (χ1v) is 7.97. The number of hydrogen-bond donors (Lipinski definition) is 1. The van der Waals surface area contributed by atoms with Gasteiger partial charge in [-0.2, -0.15) is 0 Å². The number of nitrogens with one attached hydrogen (secondary N) is 1. The minimum absolute atomic E-state index is 0.119. The summed E-state index contributed by atoms with van der Waals surface area (Å²) in [4.78, 5) is 17.6. The number of aromatic nitrogens is 1. The zero-order valence-corrected chi connectivity index (χ0v) is 14.1. The summed E-state index contributed by atoms with van der Waals surface area (Å²) in [6.07, 6.45) is 0.791. The molecule has 0 aliphatic carbocycles. The lowest BCUT2D eigenvalue weighted by atomic mass is 9.99. The fourth-order valence-electron chi connectivity index (χ4n) is 2.86. The number of methoxy groups -OCH3 is 1. The molecule has 4 heteroatoms. The van der Waals surface area contributed by atoms with Crippen LogP contribution in [0.25, 0.3) is 10.9 Å². The van der Waals surface area contributed by atoms with E-state index in [-0.39, 0.29) is 5.91 Å². The van der Waals surface area contributed by atoms with E-state index in [1.807, 2.05) is 55.5 Å². The Hall–Kier alpha value is -2.88. The SMILES string of the molecule is CCc1nc2ccccc2c(C(=O)Nc2ccc(OC)cc2)c1C. The van der Waals surface area contributed by atoms with E-state index >= 15 is 0 Å². The van der Waals surface area contributed by atoms with E-state index in [1.165, 1.54) is 0 Å². The summed E-state index contributed by atoms with van der Waals surface area (Å²) in [5.74, 6) is 0.637. The van der Waals surface area contributed by atoms with E-state index in [9.17, 15) is 4.79 Å². The molecule has 0 radical (unpaired) electrons. The Morgan fingerprint density at radius 2 is 1.83 bits per heavy atom. The van der Waals surface area contributed by atoms with Crippen molar-refractivity contribution in [2.24, 2.45) is 0 Å². The fourth-order valence-corrected chi connectivity index (χ4v) is 2.86. The van der Waals surface area contributed by atoms with E-state index in [4.69, 9.17) is 4.74 Å². The Morgan fingerprint density at radius 1 is 1.12 bits per heavy atom. The van der Waals surface area contributed by atoms with Crippen LogP contribution in [0.4, 0.5) is 5.69 Å². The third kappa shape index (κ3) is 2.95. The number of pyridine rings is 1. The number of carbonyl (C=O) groups excluding carboxylic acids is 1. The third-order valence-electron chi connectivity index (χ3n) is 4.15. The zero-order valence-electron chi connectivity index (χ0n) is 14.1. The van der Waals surface area contributed by atoms with Crippen LogP contribution in [0, 0.1) is 6.92 Å². The highest BCUT2D eigenvalue weighted by Gasteiger charge is 2.17. The van der Waals surface area contributed by atoms with Crippen molar-refractivity contribution in [2.75, 3.05) is 12.4 Å². The number of anilines is 1. The molecule has 3 aromatic rings. The summed E-state index contributed by atoms with van der Waals surface area (Å²) in [5.41, 5.74) is 4.16. The summed E-state index contributed by atoms with van der Waals surface area (Å²) in [6.45, 7) is 4.01. The van der Waals surface area contributed by atoms with Gasteiger partial charge in [0.05, 0.1) is 18.2 Å². The number of aryl methyl sites for hydroxylation is 1. The minimum Gasteiger partial charge on any atom is -0.497 e. The molecular formula is C20H20N2O2. The molecule has 0 bridgehead atoms. The van der Waals surface area contributed by atoms with Gasteiger partial charge in [-0.15, -0.1) is 0 Å². The average Bonchev–Trinajstić information content (AvgIpc) is 2.61. The van der Waals surface area contributed by atoms with E-state index in [2.05, 4.69) is 17.2 Å². The molecule has 1 N–H and O–H groups in total. The molecule has 0 atom stereocenters. The first kappa shape index (κ1) is 16.0. The second-order valence-electron chi connectivity index (χ2n) is 5.61. The summed E-state index contributed by atoms with van der Waals surface area (Å²) < 4.78 is 5.14. The van der Waals surface area contributed by atoms with Gasteiger partial charge in [0.2, 0.25) is 0 Å². The third-order valence-corrected chi connectivity index (χ3v) is 4.15. The van der Waals surface area contributed by atoms with Crippen molar-refractivity contribution in [3.8, 4) is 5.75 Å². The first-order chi connectivity index (χ1) is 11.6. The Balaban J connectivity index is 2.03. The van der Waals surface area contributed by atoms with Crippen LogP contribution in [0.15, 0.2) is 48.5 Å². The molecule has 1 aromatic heterocycles. The van der Waals surface area contributed by atoms with E-state index in [1.54, 1.807) is 7.11 Å². The molecule has 0 unspecified atom stereocenters. The molecule has 0 saturated carbocycles. The summed E-state index contributed by atoms with van der Waals surface area (Å²) in [5, 5.41) is 3.84. The number of fused-ring (bicyclic) bond motifs is 1. The second kappa shape index (κ2) is 6.71. The van der Waals surface area contributed by atoms with Crippen LogP contribution in [0.2, 0.25) is 0 Å². The van der Waals surface area contributed by atoms with Crippen LogP contribution in [-0.4, -0.2) is 18.0 Å². The molecule has 2 aromatic carbocycles. The average molecular weight is 320 g/mol. The number of ether oxygens (including phenoxy) is 1. The predicted molar refractivity (Wildman–Crippen MR) is 96.8 cm³/mol. The summed E-state index contributed by atoms with van der Waals surface area (Å²) in [7, 11) is 1.62. The van der Waals surface area contributed by atoms with Gasteiger partial charge < -0.3 is 10.1 Å². The lowest BCUT2D eigenvalue weighted by Gasteiger charge is -2.14. The smallest absolute Gasteiger partial charge is 0.256 e. The zero-order chi connectivity index (χ0) is 17.1. The second-order valence-corrected chi connectivity index (χ2v) is 5.61. The molecule has 0 spiro atoms. The molecule has 122 valence electrons. The van der Waals surface area contributed by atoms with Gasteiger partial charge in [-0.25, -0.2) is 0 Å². The van der Waals surface area contributed by atoms with Gasteiger partial charge in [0.15, 0.2) is 0 Å². The van der Waals surface area contributed by atoms with Crippen molar-refractivity contribution < 1.29 is 9.53 Å². The lowest BCUT2D eigenvalue weighted by Crippen LogP contribution is -2.15. The Morgan fingerprint density at radius 3 is 2.50 bits per heavy atom. The Kier molecular flexibility index (Phi) is 4.47. The van der Waals surface area contributed by atoms with Crippen molar-refractivity contribution in [3.05, 3.63) is 65.4 Å². The van der Waals surface area contributed by atoms with Crippen LogP contribution in [0.5, 0.6) is 5.75 Å². The fraction of sp³-hybridized carbons (Fsp3) is 0.200. The van der Waals surface area contributed by atoms with Crippen molar-refractivity contribution in [2.45, 2.75) is 20.3 Å². The normalized spacial score (nSPS) is 10.6.